The number of anilines is 1. The lowest BCUT2D eigenvalue weighted by molar-refractivity contribution is 0.0708. The fourth-order valence-corrected chi connectivity index (χ4v) is 7.82. The van der Waals surface area contributed by atoms with Gasteiger partial charge in [-0.05, 0) is 81.7 Å². The van der Waals surface area contributed by atoms with E-state index in [1.54, 1.807) is 7.05 Å². The Morgan fingerprint density at radius 1 is 1.02 bits per heavy atom. The van der Waals surface area contributed by atoms with Crippen molar-refractivity contribution in [1.29, 1.82) is 0 Å². The van der Waals surface area contributed by atoms with Gasteiger partial charge in [-0.2, -0.15) is 5.10 Å². The molecule has 1 amide bonds. The number of benzene rings is 1. The van der Waals surface area contributed by atoms with Crippen LogP contribution >= 0.6 is 0 Å². The monoisotopic (exact) mass is 617 g/mol. The number of nitrogens with two attached hydrogens (primary N) is 1. The molecule has 2 saturated heterocycles. The van der Waals surface area contributed by atoms with Crippen molar-refractivity contribution in [2.75, 3.05) is 44.4 Å². The highest BCUT2D eigenvalue weighted by molar-refractivity contribution is 7.88. The van der Waals surface area contributed by atoms with Crippen molar-refractivity contribution < 1.29 is 13.2 Å². The van der Waals surface area contributed by atoms with E-state index in [0.717, 1.165) is 74.3 Å². The maximum atomic E-state index is 13.3. The average molecular weight is 618 g/mol. The third kappa shape index (κ3) is 5.50. The summed E-state index contributed by atoms with van der Waals surface area (Å²) >= 11 is 0. The summed E-state index contributed by atoms with van der Waals surface area (Å²) in [7, 11) is -1.50. The molecule has 11 heteroatoms. The van der Waals surface area contributed by atoms with Gasteiger partial charge in [0.25, 0.3) is 5.91 Å². The van der Waals surface area contributed by atoms with Crippen LogP contribution in [-0.4, -0.2) is 89.3 Å². The van der Waals surface area contributed by atoms with Crippen LogP contribution in [0.5, 0.6) is 0 Å². The number of fused-ring (bicyclic) bond motifs is 2. The quantitative estimate of drug-likeness (QED) is 0.335. The van der Waals surface area contributed by atoms with E-state index >= 15 is 0 Å². The van der Waals surface area contributed by atoms with Gasteiger partial charge in [-0.3, -0.25) is 4.79 Å². The third-order valence-corrected chi connectivity index (χ3v) is 11.3. The molecule has 0 unspecified atom stereocenters. The zero-order valence-corrected chi connectivity index (χ0v) is 26.8. The van der Waals surface area contributed by atoms with Gasteiger partial charge in [0.15, 0.2) is 0 Å². The van der Waals surface area contributed by atoms with Gasteiger partial charge in [0.1, 0.15) is 5.69 Å². The molecule has 3 aromatic heterocycles. The molecule has 0 spiro atoms. The minimum atomic E-state index is -3.20. The number of carbonyl (C=O) groups is 1. The first-order valence-corrected chi connectivity index (χ1v) is 17.8. The number of hydrogen-bond donors (Lipinski definition) is 1. The Morgan fingerprint density at radius 2 is 1.80 bits per heavy atom. The average Bonchev–Trinajstić information content (AvgIpc) is 3.69. The lowest BCUT2D eigenvalue weighted by atomic mass is 10.0. The molecule has 1 atom stereocenters. The minimum absolute atomic E-state index is 0.0131. The van der Waals surface area contributed by atoms with Gasteiger partial charge >= 0.3 is 0 Å². The summed E-state index contributed by atoms with van der Waals surface area (Å²) in [4.78, 5) is 17.5. The lowest BCUT2D eigenvalue weighted by Gasteiger charge is -2.37. The molecular formula is C33H43N7O3S. The van der Waals surface area contributed by atoms with Gasteiger partial charge in [-0.15, -0.1) is 0 Å². The number of hydrogen-bond acceptors (Lipinski definition) is 6. The van der Waals surface area contributed by atoms with Gasteiger partial charge in [0, 0.05) is 74.7 Å². The van der Waals surface area contributed by atoms with Crippen molar-refractivity contribution in [3.05, 3.63) is 53.7 Å². The zero-order chi connectivity index (χ0) is 30.7. The Labute approximate surface area is 259 Å². The Hall–Kier alpha value is -3.41. The molecule has 44 heavy (non-hydrogen) atoms. The van der Waals surface area contributed by atoms with E-state index in [0.29, 0.717) is 18.0 Å². The number of sulfonamides is 1. The van der Waals surface area contributed by atoms with E-state index in [2.05, 4.69) is 40.7 Å². The molecule has 0 radical (unpaired) electrons. The normalized spacial score (nSPS) is 20.3. The fourth-order valence-electron chi connectivity index (χ4n) is 7.07. The molecule has 7 rings (SSSR count). The highest BCUT2D eigenvalue weighted by Gasteiger charge is 2.29. The molecular weight excluding hydrogens is 574 g/mol. The maximum absolute atomic E-state index is 13.3. The molecule has 5 heterocycles. The first-order valence-electron chi connectivity index (χ1n) is 15.9. The number of likely N-dealkylation sites (tertiary alicyclic amines) is 1. The molecule has 2 N–H and O–H groups in total. The predicted octanol–water partition coefficient (Wildman–Crippen LogP) is 4.10. The Kier molecular flexibility index (Phi) is 7.45. The number of pyridine rings is 1. The van der Waals surface area contributed by atoms with Crippen LogP contribution in [0.4, 0.5) is 5.69 Å². The van der Waals surface area contributed by atoms with Crippen LogP contribution < -0.4 is 10.6 Å². The summed E-state index contributed by atoms with van der Waals surface area (Å²) in [6, 6.07) is 13.0. The van der Waals surface area contributed by atoms with Crippen molar-refractivity contribution in [2.45, 2.75) is 64.1 Å². The second-order valence-electron chi connectivity index (χ2n) is 13.2. The fraction of sp³-hybridized carbons (Fsp3) is 0.515. The number of aryl methyl sites for hydroxylation is 1. The van der Waals surface area contributed by atoms with Gasteiger partial charge in [-0.1, -0.05) is 6.07 Å². The molecule has 3 fully saturated rings. The summed E-state index contributed by atoms with van der Waals surface area (Å²) in [5.74, 6) is 0.687. The van der Waals surface area contributed by atoms with E-state index < -0.39 is 10.0 Å². The first-order chi connectivity index (χ1) is 21.1. The number of aromatic nitrogens is 3. The van der Waals surface area contributed by atoms with Crippen molar-refractivity contribution in [2.24, 2.45) is 11.7 Å². The minimum Gasteiger partial charge on any atom is -0.371 e. The van der Waals surface area contributed by atoms with Gasteiger partial charge < -0.3 is 20.1 Å². The van der Waals surface area contributed by atoms with Gasteiger partial charge in [-0.25, -0.2) is 17.2 Å². The molecule has 2 aliphatic heterocycles. The summed E-state index contributed by atoms with van der Waals surface area (Å²) in [6.07, 6.45) is 9.16. The Balaban J connectivity index is 1.20. The Morgan fingerprint density at radius 3 is 2.50 bits per heavy atom. The summed E-state index contributed by atoms with van der Waals surface area (Å²) in [5, 5.41) is 6.25. The topological polar surface area (TPSA) is 109 Å². The highest BCUT2D eigenvalue weighted by atomic mass is 32.2. The molecule has 1 saturated carbocycles. The van der Waals surface area contributed by atoms with Crippen LogP contribution in [0.1, 0.15) is 54.4 Å². The number of nitrogens with zero attached hydrogens (tertiary/aromatic N) is 6. The van der Waals surface area contributed by atoms with Crippen molar-refractivity contribution in [1.82, 2.24) is 23.4 Å². The standard InChI is InChI=1S/C33H43N7O3S/c1-22-29-11-9-25(33(41)38-14-4-5-26(34)21-38)20-40(29)35-32(22)31-17-24-8-10-28(18-30(24)39(31)19-23-6-7-23)37-15-12-27(13-16-37)36(2)44(3,42)43/h8-11,17-18,20,23,26-27H,4-7,12-16,19,21,34H2,1-3H3/t26-/m1/s1. The number of amides is 1. The van der Waals surface area contributed by atoms with Crippen LogP contribution in [0.15, 0.2) is 42.6 Å². The third-order valence-electron chi connectivity index (χ3n) is 10.0. The molecule has 1 aliphatic carbocycles. The van der Waals surface area contributed by atoms with Gasteiger partial charge in [0.2, 0.25) is 10.0 Å². The van der Waals surface area contributed by atoms with Crippen LogP contribution in [-0.2, 0) is 16.6 Å². The second kappa shape index (κ2) is 11.2. The second-order valence-corrected chi connectivity index (χ2v) is 15.2. The van der Waals surface area contributed by atoms with Crippen molar-refractivity contribution in [3.63, 3.8) is 0 Å². The number of rotatable bonds is 7. The molecule has 10 nitrogen and oxygen atoms in total. The van der Waals surface area contributed by atoms with E-state index in [4.69, 9.17) is 10.8 Å². The van der Waals surface area contributed by atoms with E-state index in [9.17, 15) is 13.2 Å². The molecule has 4 aromatic rings. The maximum Gasteiger partial charge on any atom is 0.255 e. The zero-order valence-electron chi connectivity index (χ0n) is 25.9. The smallest absolute Gasteiger partial charge is 0.255 e. The Bertz CT molecular complexity index is 1830. The number of carbonyl (C=O) groups excluding carboxylic acids is 1. The van der Waals surface area contributed by atoms with E-state index in [1.165, 1.54) is 40.0 Å². The summed E-state index contributed by atoms with van der Waals surface area (Å²) in [6.45, 7) is 6.05. The highest BCUT2D eigenvalue weighted by Crippen LogP contribution is 2.38. The lowest BCUT2D eigenvalue weighted by Crippen LogP contribution is -2.45. The molecule has 1 aromatic carbocycles. The first kappa shape index (κ1) is 29.3. The van der Waals surface area contributed by atoms with Crippen LogP contribution in [0.25, 0.3) is 27.8 Å². The molecule has 234 valence electrons. The van der Waals surface area contributed by atoms with Gasteiger partial charge in [0.05, 0.1) is 28.5 Å². The molecule has 0 bridgehead atoms. The van der Waals surface area contributed by atoms with Crippen LogP contribution in [0, 0.1) is 12.8 Å². The van der Waals surface area contributed by atoms with Crippen molar-refractivity contribution >= 4 is 38.0 Å². The summed E-state index contributed by atoms with van der Waals surface area (Å²) in [5.41, 5.74) is 13.3. The SMILES string of the molecule is Cc1c(-c2cc3ccc(N4CCC(N(C)S(C)(=O)=O)CC4)cc3n2CC2CC2)nn2cc(C(=O)N3CCC[C@@H](N)C3)ccc12. The van der Waals surface area contributed by atoms with Crippen molar-refractivity contribution in [3.8, 4) is 11.4 Å². The predicted molar refractivity (Wildman–Crippen MR) is 175 cm³/mol. The van der Waals surface area contributed by atoms with Crippen LogP contribution in [0.3, 0.4) is 0 Å². The van der Waals surface area contributed by atoms with E-state index in [-0.39, 0.29) is 18.0 Å². The van der Waals surface area contributed by atoms with Crippen LogP contribution in [0.2, 0.25) is 0 Å². The summed E-state index contributed by atoms with van der Waals surface area (Å²) < 4.78 is 30.0. The van der Waals surface area contributed by atoms with E-state index in [1.807, 2.05) is 27.7 Å². The molecule has 3 aliphatic rings. The largest absolute Gasteiger partial charge is 0.371 e. The number of piperidine rings is 2.